The lowest BCUT2D eigenvalue weighted by molar-refractivity contribution is -0.122. The first kappa shape index (κ1) is 22.6. The standard InChI is InChI=1S/C28H30N2O3/c1-19(21-10-4-3-5-11-21)29-28(32)25-14-8-9-15-26(25)30-27(31)20(2)33-24-17-16-22-12-6-7-13-23(22)18-24/h3-5,8-11,14-20H,6-7,12-13H2,1-2H3,(H,29,32)(H,30,31). The second-order valence-electron chi connectivity index (χ2n) is 8.54. The molecule has 0 saturated heterocycles. The zero-order valence-corrected chi connectivity index (χ0v) is 19.1. The first-order chi connectivity index (χ1) is 16.0. The maximum Gasteiger partial charge on any atom is 0.265 e. The van der Waals surface area contributed by atoms with Crippen LogP contribution in [0.2, 0.25) is 0 Å². The maximum atomic E-state index is 12.9. The van der Waals surface area contributed by atoms with E-state index in [4.69, 9.17) is 4.74 Å². The van der Waals surface area contributed by atoms with E-state index in [-0.39, 0.29) is 17.9 Å². The van der Waals surface area contributed by atoms with Crippen LogP contribution in [0.1, 0.15) is 59.8 Å². The van der Waals surface area contributed by atoms with E-state index in [1.165, 1.54) is 24.0 Å². The molecule has 0 fully saturated rings. The number of carbonyl (C=O) groups excluding carboxylic acids is 2. The number of ether oxygens (including phenoxy) is 1. The second kappa shape index (κ2) is 10.3. The van der Waals surface area contributed by atoms with Gasteiger partial charge in [0.05, 0.1) is 17.3 Å². The van der Waals surface area contributed by atoms with Crippen LogP contribution in [0, 0.1) is 0 Å². The van der Waals surface area contributed by atoms with Crippen molar-refractivity contribution in [3.63, 3.8) is 0 Å². The summed E-state index contributed by atoms with van der Waals surface area (Å²) < 4.78 is 5.92. The van der Waals surface area contributed by atoms with Gasteiger partial charge in [-0.2, -0.15) is 0 Å². The van der Waals surface area contributed by atoms with Crippen molar-refractivity contribution in [2.45, 2.75) is 51.7 Å². The Morgan fingerprint density at radius 1 is 0.848 bits per heavy atom. The Balaban J connectivity index is 1.41. The molecule has 3 aromatic rings. The molecule has 0 aliphatic heterocycles. The average Bonchev–Trinajstić information content (AvgIpc) is 2.84. The zero-order chi connectivity index (χ0) is 23.2. The predicted molar refractivity (Wildman–Crippen MR) is 131 cm³/mol. The highest BCUT2D eigenvalue weighted by Crippen LogP contribution is 2.26. The van der Waals surface area contributed by atoms with Gasteiger partial charge < -0.3 is 15.4 Å². The minimum Gasteiger partial charge on any atom is -0.481 e. The topological polar surface area (TPSA) is 67.4 Å². The van der Waals surface area contributed by atoms with E-state index in [0.717, 1.165) is 18.4 Å². The summed E-state index contributed by atoms with van der Waals surface area (Å²) in [5, 5.41) is 5.86. The number of para-hydroxylation sites is 1. The predicted octanol–water partition coefficient (Wildman–Crippen LogP) is 5.46. The van der Waals surface area contributed by atoms with Crippen LogP contribution in [-0.2, 0) is 17.6 Å². The minimum absolute atomic E-state index is 0.159. The van der Waals surface area contributed by atoms with Gasteiger partial charge in [-0.15, -0.1) is 0 Å². The van der Waals surface area contributed by atoms with Gasteiger partial charge in [0.1, 0.15) is 5.75 Å². The summed E-state index contributed by atoms with van der Waals surface area (Å²) in [5.74, 6) is 0.149. The lowest BCUT2D eigenvalue weighted by Crippen LogP contribution is -2.32. The largest absolute Gasteiger partial charge is 0.481 e. The van der Waals surface area contributed by atoms with Gasteiger partial charge in [-0.25, -0.2) is 0 Å². The SMILES string of the molecule is CC(Oc1ccc2c(c1)CCCC2)C(=O)Nc1ccccc1C(=O)NC(C)c1ccccc1. The number of fused-ring (bicyclic) bond motifs is 1. The van der Waals surface area contributed by atoms with Crippen molar-refractivity contribution in [3.8, 4) is 5.75 Å². The lowest BCUT2D eigenvalue weighted by atomic mass is 9.92. The van der Waals surface area contributed by atoms with E-state index in [2.05, 4.69) is 16.7 Å². The van der Waals surface area contributed by atoms with Gasteiger partial charge in [-0.1, -0.05) is 48.5 Å². The minimum atomic E-state index is -0.703. The molecule has 5 heteroatoms. The molecule has 4 rings (SSSR count). The van der Waals surface area contributed by atoms with Crippen molar-refractivity contribution in [1.82, 2.24) is 5.32 Å². The molecule has 2 unspecified atom stereocenters. The maximum absolute atomic E-state index is 12.9. The summed E-state index contributed by atoms with van der Waals surface area (Å²) in [6, 6.07) is 22.7. The highest BCUT2D eigenvalue weighted by atomic mass is 16.5. The number of rotatable bonds is 7. The van der Waals surface area contributed by atoms with Gasteiger partial charge in [0, 0.05) is 0 Å². The summed E-state index contributed by atoms with van der Waals surface area (Å²) in [6.07, 6.45) is 3.87. The molecule has 2 N–H and O–H groups in total. The second-order valence-corrected chi connectivity index (χ2v) is 8.54. The van der Waals surface area contributed by atoms with Crippen LogP contribution in [0.4, 0.5) is 5.69 Å². The summed E-state index contributed by atoms with van der Waals surface area (Å²) in [7, 11) is 0. The van der Waals surface area contributed by atoms with Crippen molar-refractivity contribution in [2.24, 2.45) is 0 Å². The van der Waals surface area contributed by atoms with Gasteiger partial charge in [0.25, 0.3) is 11.8 Å². The van der Waals surface area contributed by atoms with E-state index in [9.17, 15) is 9.59 Å². The van der Waals surface area contributed by atoms with Crippen molar-refractivity contribution in [3.05, 3.63) is 95.1 Å². The average molecular weight is 443 g/mol. The van der Waals surface area contributed by atoms with Crippen LogP contribution in [0.15, 0.2) is 72.8 Å². The Bertz CT molecular complexity index is 1130. The Morgan fingerprint density at radius 3 is 2.33 bits per heavy atom. The molecular weight excluding hydrogens is 412 g/mol. The first-order valence-corrected chi connectivity index (χ1v) is 11.6. The summed E-state index contributed by atoms with van der Waals surface area (Å²) in [5.41, 5.74) is 4.56. The highest BCUT2D eigenvalue weighted by Gasteiger charge is 2.20. The molecule has 0 saturated carbocycles. The molecule has 2 amide bonds. The third kappa shape index (κ3) is 5.61. The smallest absolute Gasteiger partial charge is 0.265 e. The number of anilines is 1. The molecule has 0 spiro atoms. The van der Waals surface area contributed by atoms with Gasteiger partial charge in [-0.3, -0.25) is 9.59 Å². The Morgan fingerprint density at radius 2 is 1.55 bits per heavy atom. The molecule has 2 atom stereocenters. The van der Waals surface area contributed by atoms with Gasteiger partial charge >= 0.3 is 0 Å². The molecule has 5 nitrogen and oxygen atoms in total. The number of amides is 2. The normalized spacial score (nSPS) is 14.5. The van der Waals surface area contributed by atoms with Crippen molar-refractivity contribution in [1.29, 1.82) is 0 Å². The third-order valence-corrected chi connectivity index (χ3v) is 6.08. The molecule has 0 radical (unpaired) electrons. The van der Waals surface area contributed by atoms with E-state index >= 15 is 0 Å². The molecule has 0 bridgehead atoms. The zero-order valence-electron chi connectivity index (χ0n) is 19.1. The molecule has 0 heterocycles. The summed E-state index contributed by atoms with van der Waals surface area (Å²) in [4.78, 5) is 25.8. The molecular formula is C28H30N2O3. The van der Waals surface area contributed by atoms with Gasteiger partial charge in [0.15, 0.2) is 6.10 Å². The molecule has 33 heavy (non-hydrogen) atoms. The molecule has 3 aromatic carbocycles. The number of hydrogen-bond acceptors (Lipinski definition) is 3. The van der Waals surface area contributed by atoms with E-state index in [1.807, 2.05) is 49.4 Å². The molecule has 170 valence electrons. The number of benzene rings is 3. The van der Waals surface area contributed by atoms with Crippen LogP contribution >= 0.6 is 0 Å². The summed E-state index contributed by atoms with van der Waals surface area (Å²) in [6.45, 7) is 3.65. The fraction of sp³-hybridized carbons (Fsp3) is 0.286. The molecule has 1 aliphatic carbocycles. The fourth-order valence-electron chi connectivity index (χ4n) is 4.16. The quantitative estimate of drug-likeness (QED) is 0.510. The number of hydrogen-bond donors (Lipinski definition) is 2. The number of nitrogens with one attached hydrogen (secondary N) is 2. The van der Waals surface area contributed by atoms with Gasteiger partial charge in [0.2, 0.25) is 0 Å². The third-order valence-electron chi connectivity index (χ3n) is 6.08. The summed E-state index contributed by atoms with van der Waals surface area (Å²) >= 11 is 0. The van der Waals surface area contributed by atoms with E-state index in [1.54, 1.807) is 31.2 Å². The Kier molecular flexibility index (Phi) is 7.08. The Hall–Kier alpha value is -3.60. The molecule has 1 aliphatic rings. The number of aryl methyl sites for hydroxylation is 2. The Labute approximate surface area is 195 Å². The van der Waals surface area contributed by atoms with Crippen LogP contribution in [-0.4, -0.2) is 17.9 Å². The van der Waals surface area contributed by atoms with E-state index < -0.39 is 6.10 Å². The lowest BCUT2D eigenvalue weighted by Gasteiger charge is -2.20. The van der Waals surface area contributed by atoms with Crippen LogP contribution in [0.25, 0.3) is 0 Å². The number of carbonyl (C=O) groups is 2. The molecule has 0 aromatic heterocycles. The van der Waals surface area contributed by atoms with Crippen molar-refractivity contribution < 1.29 is 14.3 Å². The van der Waals surface area contributed by atoms with Crippen molar-refractivity contribution >= 4 is 17.5 Å². The van der Waals surface area contributed by atoms with Crippen LogP contribution in [0.5, 0.6) is 5.75 Å². The first-order valence-electron chi connectivity index (χ1n) is 11.6. The van der Waals surface area contributed by atoms with Gasteiger partial charge in [-0.05, 0) is 80.5 Å². The van der Waals surface area contributed by atoms with Crippen LogP contribution in [0.3, 0.4) is 0 Å². The van der Waals surface area contributed by atoms with E-state index in [0.29, 0.717) is 17.0 Å². The van der Waals surface area contributed by atoms with Crippen LogP contribution < -0.4 is 15.4 Å². The monoisotopic (exact) mass is 442 g/mol. The van der Waals surface area contributed by atoms with Crippen molar-refractivity contribution in [2.75, 3.05) is 5.32 Å². The fourth-order valence-corrected chi connectivity index (χ4v) is 4.16. The highest BCUT2D eigenvalue weighted by molar-refractivity contribution is 6.04.